The monoisotopic (exact) mass is 417 g/mol. The van der Waals surface area contributed by atoms with Crippen LogP contribution in [0.15, 0.2) is 18.2 Å². The van der Waals surface area contributed by atoms with Crippen LogP contribution in [0.4, 0.5) is 0 Å². The molecule has 30 heavy (non-hydrogen) atoms. The molecule has 0 saturated carbocycles. The predicted molar refractivity (Wildman–Crippen MR) is 110 cm³/mol. The molecule has 1 aromatic carbocycles. The van der Waals surface area contributed by atoms with E-state index < -0.39 is 5.41 Å². The third-order valence-electron chi connectivity index (χ3n) is 6.40. The summed E-state index contributed by atoms with van der Waals surface area (Å²) in [4.78, 5) is 27.8. The fraction of sp³-hybridized carbons (Fsp3) is 0.652. The van der Waals surface area contributed by atoms with Gasteiger partial charge in [0.15, 0.2) is 11.5 Å². The van der Waals surface area contributed by atoms with Crippen LogP contribution >= 0.6 is 0 Å². The highest BCUT2D eigenvalue weighted by molar-refractivity contribution is 5.95. The fourth-order valence-electron chi connectivity index (χ4n) is 4.68. The smallest absolute Gasteiger partial charge is 0.312 e. The zero-order chi connectivity index (χ0) is 21.0. The van der Waals surface area contributed by atoms with Crippen LogP contribution in [0.25, 0.3) is 0 Å². The number of hydrogen-bond acceptors (Lipinski definition) is 6. The van der Waals surface area contributed by atoms with Gasteiger partial charge in [-0.05, 0) is 63.6 Å². The largest absolute Gasteiger partial charge is 0.486 e. The number of ether oxygens (including phenoxy) is 4. The van der Waals surface area contributed by atoms with Gasteiger partial charge >= 0.3 is 5.97 Å². The first-order valence-electron chi connectivity index (χ1n) is 11.1. The Hall–Kier alpha value is -2.28. The lowest BCUT2D eigenvalue weighted by atomic mass is 9.73. The number of rotatable bonds is 5. The van der Waals surface area contributed by atoms with Crippen LogP contribution in [0.5, 0.6) is 11.5 Å². The lowest BCUT2D eigenvalue weighted by molar-refractivity contribution is -0.162. The van der Waals surface area contributed by atoms with Gasteiger partial charge < -0.3 is 23.8 Å². The van der Waals surface area contributed by atoms with E-state index in [2.05, 4.69) is 0 Å². The number of piperidine rings is 1. The molecule has 0 aromatic heterocycles. The molecule has 0 N–H and O–H groups in total. The van der Waals surface area contributed by atoms with Crippen molar-refractivity contribution in [2.75, 3.05) is 39.5 Å². The van der Waals surface area contributed by atoms with E-state index in [0.29, 0.717) is 69.2 Å². The summed E-state index contributed by atoms with van der Waals surface area (Å²) >= 11 is 0. The summed E-state index contributed by atoms with van der Waals surface area (Å²) in [5.74, 6) is 1.09. The molecule has 2 fully saturated rings. The summed E-state index contributed by atoms with van der Waals surface area (Å²) in [5.41, 5.74) is 0.0141. The molecule has 2 saturated heterocycles. The number of carbonyl (C=O) groups excluding carboxylic acids is 2. The third kappa shape index (κ3) is 4.41. The van der Waals surface area contributed by atoms with Crippen LogP contribution in [-0.4, -0.2) is 62.4 Å². The highest BCUT2D eigenvalue weighted by Gasteiger charge is 2.45. The van der Waals surface area contributed by atoms with Gasteiger partial charge in [-0.15, -0.1) is 0 Å². The Balaban J connectivity index is 1.44. The average molecular weight is 418 g/mol. The van der Waals surface area contributed by atoms with E-state index in [0.717, 1.165) is 25.9 Å². The Morgan fingerprint density at radius 2 is 1.87 bits per heavy atom. The van der Waals surface area contributed by atoms with E-state index in [1.54, 1.807) is 18.2 Å². The first-order chi connectivity index (χ1) is 14.6. The van der Waals surface area contributed by atoms with Crippen LogP contribution in [0.1, 0.15) is 55.8 Å². The maximum absolute atomic E-state index is 13.1. The van der Waals surface area contributed by atoms with Crippen molar-refractivity contribution in [3.05, 3.63) is 23.8 Å². The summed E-state index contributed by atoms with van der Waals surface area (Å²) in [6, 6.07) is 5.31. The minimum atomic E-state index is -0.568. The zero-order valence-corrected chi connectivity index (χ0v) is 17.7. The first-order valence-corrected chi connectivity index (χ1v) is 11.1. The summed E-state index contributed by atoms with van der Waals surface area (Å²) in [7, 11) is 0. The van der Waals surface area contributed by atoms with Gasteiger partial charge in [-0.25, -0.2) is 0 Å². The predicted octanol–water partition coefficient (Wildman–Crippen LogP) is 3.20. The lowest BCUT2D eigenvalue weighted by Crippen LogP contribution is -2.49. The van der Waals surface area contributed by atoms with Gasteiger partial charge in [-0.1, -0.05) is 0 Å². The number of nitrogens with zero attached hydrogens (tertiary/aromatic N) is 1. The number of benzene rings is 1. The molecular formula is C23H31NO6. The van der Waals surface area contributed by atoms with Gasteiger partial charge in [0, 0.05) is 25.3 Å². The molecule has 1 amide bonds. The van der Waals surface area contributed by atoms with E-state index in [4.69, 9.17) is 18.9 Å². The molecule has 0 radical (unpaired) electrons. The number of amides is 1. The van der Waals surface area contributed by atoms with Crippen molar-refractivity contribution < 1.29 is 28.5 Å². The van der Waals surface area contributed by atoms with Gasteiger partial charge in [0.05, 0.1) is 18.1 Å². The van der Waals surface area contributed by atoms with Crippen molar-refractivity contribution in [2.45, 2.75) is 51.6 Å². The molecule has 0 aliphatic carbocycles. The SMILES string of the molecule is CCOC(=O)C1(CC2CCCCO2)CCN(C(=O)c2ccc3c(c2)OCCO3)CC1. The van der Waals surface area contributed by atoms with Crippen molar-refractivity contribution in [3.8, 4) is 11.5 Å². The van der Waals surface area contributed by atoms with Gasteiger partial charge in [0.2, 0.25) is 0 Å². The van der Waals surface area contributed by atoms with Gasteiger partial charge in [0.25, 0.3) is 5.91 Å². The summed E-state index contributed by atoms with van der Waals surface area (Å²) in [6.07, 6.45) is 5.19. The average Bonchev–Trinajstić information content (AvgIpc) is 2.79. The second-order valence-corrected chi connectivity index (χ2v) is 8.34. The maximum Gasteiger partial charge on any atom is 0.312 e. The molecule has 3 heterocycles. The molecule has 3 aliphatic heterocycles. The third-order valence-corrected chi connectivity index (χ3v) is 6.40. The topological polar surface area (TPSA) is 74.3 Å². The van der Waals surface area contributed by atoms with Crippen molar-refractivity contribution in [2.24, 2.45) is 5.41 Å². The molecule has 164 valence electrons. The summed E-state index contributed by atoms with van der Waals surface area (Å²) in [5, 5.41) is 0. The van der Waals surface area contributed by atoms with Crippen LogP contribution in [0.3, 0.4) is 0 Å². The minimum Gasteiger partial charge on any atom is -0.486 e. The standard InChI is InChI=1S/C23H31NO6/c1-2-27-22(26)23(16-18-5-3-4-12-28-18)8-10-24(11-9-23)21(25)17-6-7-19-20(15-17)30-14-13-29-19/h6-7,15,18H,2-5,8-14,16H2,1H3. The number of esters is 1. The van der Waals surface area contributed by atoms with E-state index in [9.17, 15) is 9.59 Å². The number of likely N-dealkylation sites (tertiary alicyclic amines) is 1. The van der Waals surface area contributed by atoms with Gasteiger partial charge in [0.1, 0.15) is 13.2 Å². The number of hydrogen-bond donors (Lipinski definition) is 0. The highest BCUT2D eigenvalue weighted by atomic mass is 16.6. The van der Waals surface area contributed by atoms with Gasteiger partial charge in [-0.2, -0.15) is 0 Å². The van der Waals surface area contributed by atoms with E-state index >= 15 is 0 Å². The molecule has 7 nitrogen and oxygen atoms in total. The molecule has 0 spiro atoms. The molecule has 3 aliphatic rings. The van der Waals surface area contributed by atoms with Crippen molar-refractivity contribution in [1.82, 2.24) is 4.90 Å². The van der Waals surface area contributed by atoms with E-state index in [1.807, 2.05) is 11.8 Å². The molecular weight excluding hydrogens is 386 g/mol. The van der Waals surface area contributed by atoms with Crippen molar-refractivity contribution >= 4 is 11.9 Å². The van der Waals surface area contributed by atoms with E-state index in [-0.39, 0.29) is 18.0 Å². The van der Waals surface area contributed by atoms with Crippen molar-refractivity contribution in [3.63, 3.8) is 0 Å². The number of carbonyl (C=O) groups is 2. The minimum absolute atomic E-state index is 0.0432. The Bertz CT molecular complexity index is 765. The zero-order valence-electron chi connectivity index (χ0n) is 17.7. The molecule has 4 rings (SSSR count). The Morgan fingerprint density at radius 3 is 2.57 bits per heavy atom. The highest BCUT2D eigenvalue weighted by Crippen LogP contribution is 2.40. The Morgan fingerprint density at radius 1 is 1.10 bits per heavy atom. The van der Waals surface area contributed by atoms with Crippen LogP contribution in [0.2, 0.25) is 0 Å². The normalized spacial score (nSPS) is 23.0. The first kappa shape index (κ1) is 21.0. The maximum atomic E-state index is 13.1. The molecule has 1 unspecified atom stereocenters. The molecule has 1 atom stereocenters. The Kier molecular flexibility index (Phi) is 6.46. The summed E-state index contributed by atoms with van der Waals surface area (Å²) in [6.45, 7) is 5.03. The molecule has 7 heteroatoms. The van der Waals surface area contributed by atoms with Crippen LogP contribution in [-0.2, 0) is 14.3 Å². The quantitative estimate of drug-likeness (QED) is 0.685. The second-order valence-electron chi connectivity index (χ2n) is 8.34. The van der Waals surface area contributed by atoms with Crippen molar-refractivity contribution in [1.29, 1.82) is 0 Å². The van der Waals surface area contributed by atoms with Crippen LogP contribution in [0, 0.1) is 5.41 Å². The van der Waals surface area contributed by atoms with Gasteiger partial charge in [-0.3, -0.25) is 9.59 Å². The molecule has 0 bridgehead atoms. The van der Waals surface area contributed by atoms with Crippen LogP contribution < -0.4 is 9.47 Å². The fourth-order valence-corrected chi connectivity index (χ4v) is 4.68. The Labute approximate surface area is 177 Å². The summed E-state index contributed by atoms with van der Waals surface area (Å²) < 4.78 is 22.5. The van der Waals surface area contributed by atoms with E-state index in [1.165, 1.54) is 0 Å². The lowest BCUT2D eigenvalue weighted by Gasteiger charge is -2.42. The molecule has 1 aromatic rings. The number of fused-ring (bicyclic) bond motifs is 1. The second kappa shape index (κ2) is 9.25.